The van der Waals surface area contributed by atoms with Gasteiger partial charge < -0.3 is 10.4 Å². The van der Waals surface area contributed by atoms with Gasteiger partial charge in [0.05, 0.1) is 11.9 Å². The molecule has 0 bridgehead atoms. The fourth-order valence-corrected chi connectivity index (χ4v) is 3.37. The molecule has 150 valence electrons. The van der Waals surface area contributed by atoms with Crippen molar-refractivity contribution in [2.75, 3.05) is 11.9 Å². The van der Waals surface area contributed by atoms with Gasteiger partial charge in [-0.3, -0.25) is 4.40 Å². The number of carbonyl (C=O) groups is 1. The third-order valence-electron chi connectivity index (χ3n) is 4.81. The number of nitrogens with zero attached hydrogens (tertiary/aromatic N) is 3. The molecule has 4 rings (SSSR count). The number of hydrogen-bond donors (Lipinski definition) is 2. The largest absolute Gasteiger partial charge is 0.478 e. The molecule has 0 radical (unpaired) electrons. The molecule has 0 fully saturated rings. The number of aromatic nitrogens is 3. The Morgan fingerprint density at radius 2 is 1.97 bits per heavy atom. The van der Waals surface area contributed by atoms with E-state index in [1.54, 1.807) is 12.3 Å². The van der Waals surface area contributed by atoms with Crippen molar-refractivity contribution >= 4 is 23.5 Å². The van der Waals surface area contributed by atoms with Gasteiger partial charge in [-0.15, -0.1) is 0 Å². The average molecular weight is 398 g/mol. The van der Waals surface area contributed by atoms with Gasteiger partial charge in [0.2, 0.25) is 0 Å². The van der Waals surface area contributed by atoms with Gasteiger partial charge in [-0.25, -0.2) is 14.8 Å². The first-order valence-corrected chi connectivity index (χ1v) is 9.82. The van der Waals surface area contributed by atoms with Crippen LogP contribution in [0.15, 0.2) is 79.3 Å². The molecule has 6 nitrogen and oxygen atoms in total. The zero-order valence-electron chi connectivity index (χ0n) is 16.4. The van der Waals surface area contributed by atoms with Crippen molar-refractivity contribution in [2.45, 2.75) is 12.8 Å². The molecule has 4 aromatic rings. The van der Waals surface area contributed by atoms with E-state index in [4.69, 9.17) is 5.11 Å². The molecule has 0 aliphatic rings. The summed E-state index contributed by atoms with van der Waals surface area (Å²) in [5, 5.41) is 12.2. The van der Waals surface area contributed by atoms with E-state index < -0.39 is 5.97 Å². The van der Waals surface area contributed by atoms with E-state index in [1.165, 1.54) is 5.56 Å². The van der Waals surface area contributed by atoms with Gasteiger partial charge in [0.25, 0.3) is 0 Å². The van der Waals surface area contributed by atoms with Gasteiger partial charge >= 0.3 is 5.97 Å². The van der Waals surface area contributed by atoms with Crippen LogP contribution in [0.3, 0.4) is 0 Å². The molecular formula is C24H22N4O2. The Kier molecular flexibility index (Phi) is 5.85. The maximum atomic E-state index is 10.8. The lowest BCUT2D eigenvalue weighted by Crippen LogP contribution is -2.07. The Bertz CT molecular complexity index is 1180. The van der Waals surface area contributed by atoms with E-state index >= 15 is 0 Å². The Labute approximate surface area is 174 Å². The maximum Gasteiger partial charge on any atom is 0.328 e. The zero-order chi connectivity index (χ0) is 20.8. The smallest absolute Gasteiger partial charge is 0.328 e. The monoisotopic (exact) mass is 398 g/mol. The maximum absolute atomic E-state index is 10.8. The molecule has 6 heteroatoms. The minimum atomic E-state index is -0.971. The standard InChI is InChI=1S/C24H22N4O2/c29-22(30)12-11-19-8-4-10-20(16-19)21-17-27-23(24-26-14-15-28(21)24)25-13-5-9-18-6-2-1-3-7-18/h1-4,6-8,10-12,14-17H,5,9,13H2,(H,25,27)(H,29,30)/b12-11+. The van der Waals surface area contributed by atoms with Crippen LogP contribution in [0.1, 0.15) is 17.5 Å². The second-order valence-electron chi connectivity index (χ2n) is 6.93. The second kappa shape index (κ2) is 9.05. The molecule has 2 aromatic heterocycles. The van der Waals surface area contributed by atoms with Crippen molar-refractivity contribution in [1.82, 2.24) is 14.4 Å². The highest BCUT2D eigenvalue weighted by Crippen LogP contribution is 2.24. The third kappa shape index (κ3) is 4.55. The number of anilines is 1. The first-order valence-electron chi connectivity index (χ1n) is 9.82. The van der Waals surface area contributed by atoms with Crippen molar-refractivity contribution in [3.63, 3.8) is 0 Å². The highest BCUT2D eigenvalue weighted by Gasteiger charge is 2.10. The summed E-state index contributed by atoms with van der Waals surface area (Å²) in [6.07, 6.45) is 10.2. The summed E-state index contributed by atoms with van der Waals surface area (Å²) in [6, 6.07) is 18.1. The van der Waals surface area contributed by atoms with Crippen LogP contribution in [-0.2, 0) is 11.2 Å². The summed E-state index contributed by atoms with van der Waals surface area (Å²) in [5.41, 5.74) is 4.73. The predicted molar refractivity (Wildman–Crippen MR) is 118 cm³/mol. The van der Waals surface area contributed by atoms with Gasteiger partial charge in [-0.1, -0.05) is 48.5 Å². The summed E-state index contributed by atoms with van der Waals surface area (Å²) in [7, 11) is 0. The van der Waals surface area contributed by atoms with E-state index in [2.05, 4.69) is 39.6 Å². The minimum Gasteiger partial charge on any atom is -0.478 e. The molecular weight excluding hydrogens is 376 g/mol. The number of hydrogen-bond acceptors (Lipinski definition) is 4. The predicted octanol–water partition coefficient (Wildman–Crippen LogP) is 4.54. The normalized spacial score (nSPS) is 11.2. The number of rotatable bonds is 8. The fraction of sp³-hybridized carbons (Fsp3) is 0.125. The van der Waals surface area contributed by atoms with E-state index in [0.717, 1.165) is 53.7 Å². The lowest BCUT2D eigenvalue weighted by molar-refractivity contribution is -0.131. The summed E-state index contributed by atoms with van der Waals surface area (Å²) in [5.74, 6) is -0.222. The number of imidazole rings is 1. The number of carboxylic acids is 1. The van der Waals surface area contributed by atoms with Gasteiger partial charge in [-0.05, 0) is 36.1 Å². The average Bonchev–Trinajstić information content (AvgIpc) is 3.26. The van der Waals surface area contributed by atoms with Crippen LogP contribution < -0.4 is 5.32 Å². The zero-order valence-corrected chi connectivity index (χ0v) is 16.4. The number of carboxylic acid groups (broad SMARTS) is 1. The van der Waals surface area contributed by atoms with Crippen LogP contribution in [0.4, 0.5) is 5.82 Å². The Morgan fingerprint density at radius 1 is 1.10 bits per heavy atom. The molecule has 2 heterocycles. The summed E-state index contributed by atoms with van der Waals surface area (Å²) in [4.78, 5) is 19.8. The van der Waals surface area contributed by atoms with E-state index in [1.807, 2.05) is 47.1 Å². The first kappa shape index (κ1) is 19.4. The number of aryl methyl sites for hydroxylation is 1. The van der Waals surface area contributed by atoms with Gasteiger partial charge in [0.15, 0.2) is 11.5 Å². The molecule has 0 spiro atoms. The number of nitrogens with one attached hydrogen (secondary N) is 1. The van der Waals surface area contributed by atoms with Crippen LogP contribution >= 0.6 is 0 Å². The quantitative estimate of drug-likeness (QED) is 0.336. The SMILES string of the molecule is O=C(O)/C=C/c1cccc(-c2cnc(NCCCc3ccccc3)c3nccn23)c1. The van der Waals surface area contributed by atoms with Crippen LogP contribution in [0.25, 0.3) is 23.0 Å². The van der Waals surface area contributed by atoms with Gasteiger partial charge in [-0.2, -0.15) is 0 Å². The topological polar surface area (TPSA) is 79.5 Å². The molecule has 0 saturated carbocycles. The molecule has 30 heavy (non-hydrogen) atoms. The van der Waals surface area contributed by atoms with Crippen molar-refractivity contribution in [3.05, 3.63) is 90.4 Å². The molecule has 2 aromatic carbocycles. The van der Waals surface area contributed by atoms with Crippen LogP contribution in [-0.4, -0.2) is 32.0 Å². The van der Waals surface area contributed by atoms with Crippen molar-refractivity contribution in [1.29, 1.82) is 0 Å². The van der Waals surface area contributed by atoms with Crippen molar-refractivity contribution in [3.8, 4) is 11.3 Å². The van der Waals surface area contributed by atoms with E-state index in [-0.39, 0.29) is 0 Å². The molecule has 0 saturated heterocycles. The fourth-order valence-electron chi connectivity index (χ4n) is 3.37. The highest BCUT2D eigenvalue weighted by atomic mass is 16.4. The lowest BCUT2D eigenvalue weighted by Gasteiger charge is -2.11. The number of fused-ring (bicyclic) bond motifs is 1. The Morgan fingerprint density at radius 3 is 2.80 bits per heavy atom. The van der Waals surface area contributed by atoms with Crippen molar-refractivity contribution < 1.29 is 9.90 Å². The van der Waals surface area contributed by atoms with E-state index in [9.17, 15) is 4.79 Å². The highest BCUT2D eigenvalue weighted by molar-refractivity contribution is 5.85. The molecule has 0 atom stereocenters. The third-order valence-corrected chi connectivity index (χ3v) is 4.81. The molecule has 0 unspecified atom stereocenters. The summed E-state index contributed by atoms with van der Waals surface area (Å²) in [6.45, 7) is 0.805. The van der Waals surface area contributed by atoms with Crippen LogP contribution in [0, 0.1) is 0 Å². The number of benzene rings is 2. The van der Waals surface area contributed by atoms with Gasteiger partial charge in [0, 0.05) is 30.6 Å². The Hall–Kier alpha value is -3.93. The molecule has 2 N–H and O–H groups in total. The number of aliphatic carboxylic acids is 1. The minimum absolute atomic E-state index is 0.749. The molecule has 0 aliphatic carbocycles. The lowest BCUT2D eigenvalue weighted by atomic mass is 10.1. The Balaban J connectivity index is 1.51. The first-order chi connectivity index (χ1) is 14.7. The van der Waals surface area contributed by atoms with Gasteiger partial charge in [0.1, 0.15) is 0 Å². The molecule has 0 amide bonds. The van der Waals surface area contributed by atoms with Crippen LogP contribution in [0.5, 0.6) is 0 Å². The van der Waals surface area contributed by atoms with Crippen LogP contribution in [0.2, 0.25) is 0 Å². The summed E-state index contributed by atoms with van der Waals surface area (Å²) >= 11 is 0. The van der Waals surface area contributed by atoms with E-state index in [0.29, 0.717) is 0 Å². The van der Waals surface area contributed by atoms with Crippen molar-refractivity contribution in [2.24, 2.45) is 0 Å². The summed E-state index contributed by atoms with van der Waals surface area (Å²) < 4.78 is 1.99. The second-order valence-corrected chi connectivity index (χ2v) is 6.93. The molecule has 0 aliphatic heterocycles.